The van der Waals surface area contributed by atoms with Crippen LogP contribution in [-0.2, 0) is 0 Å². The van der Waals surface area contributed by atoms with Crippen LogP contribution >= 0.6 is 0 Å². The molecule has 16 heavy (non-hydrogen) atoms. The maximum atomic E-state index is 13.1. The molecule has 0 bridgehead atoms. The molecule has 2 N–H and O–H groups in total. The van der Waals surface area contributed by atoms with Crippen LogP contribution in [0.3, 0.4) is 0 Å². The van der Waals surface area contributed by atoms with Crippen molar-refractivity contribution in [3.8, 4) is 5.69 Å². The smallest absolute Gasteiger partial charge is 0.123 e. The molecule has 1 heterocycles. The fourth-order valence-electron chi connectivity index (χ4n) is 1.65. The third-order valence-corrected chi connectivity index (χ3v) is 2.45. The van der Waals surface area contributed by atoms with Crippen LogP contribution in [0.5, 0.6) is 0 Å². The summed E-state index contributed by atoms with van der Waals surface area (Å²) in [5, 5.41) is 4.29. The predicted octanol–water partition coefficient (Wildman–Crippen LogP) is 2.34. The van der Waals surface area contributed by atoms with Gasteiger partial charge in [0, 0.05) is 12.2 Å². The summed E-state index contributed by atoms with van der Waals surface area (Å²) in [6.07, 6.45) is 1.84. The zero-order chi connectivity index (χ0) is 11.7. The van der Waals surface area contributed by atoms with Crippen molar-refractivity contribution in [1.29, 1.82) is 0 Å². The highest BCUT2D eigenvalue weighted by Gasteiger charge is 2.10. The molecule has 1 aromatic heterocycles. The molecule has 0 saturated heterocycles. The van der Waals surface area contributed by atoms with Gasteiger partial charge in [0.05, 0.1) is 11.4 Å². The van der Waals surface area contributed by atoms with Gasteiger partial charge in [-0.1, -0.05) is 0 Å². The average molecular weight is 219 g/mol. The van der Waals surface area contributed by atoms with Crippen LogP contribution < -0.4 is 5.73 Å². The van der Waals surface area contributed by atoms with Crippen molar-refractivity contribution in [2.45, 2.75) is 19.9 Å². The summed E-state index contributed by atoms with van der Waals surface area (Å²) in [4.78, 5) is 0. The van der Waals surface area contributed by atoms with Crippen LogP contribution in [0.4, 0.5) is 4.39 Å². The standard InChI is InChI=1S/C12H14FN3/c1-8-5-6-16(15-8)12-4-3-10(13)7-11(12)9(2)14/h3-7,9H,14H2,1-2H3/t9-/m1/s1. The van der Waals surface area contributed by atoms with Gasteiger partial charge in [-0.3, -0.25) is 0 Å². The maximum absolute atomic E-state index is 13.1. The molecule has 0 aliphatic heterocycles. The van der Waals surface area contributed by atoms with Crippen LogP contribution in [0.2, 0.25) is 0 Å². The van der Waals surface area contributed by atoms with Crippen LogP contribution in [0, 0.1) is 12.7 Å². The minimum absolute atomic E-state index is 0.227. The Morgan fingerprint density at radius 1 is 1.38 bits per heavy atom. The van der Waals surface area contributed by atoms with Gasteiger partial charge in [-0.05, 0) is 43.7 Å². The van der Waals surface area contributed by atoms with E-state index in [2.05, 4.69) is 5.10 Å². The van der Waals surface area contributed by atoms with Gasteiger partial charge in [-0.15, -0.1) is 0 Å². The van der Waals surface area contributed by atoms with Crippen LogP contribution in [0.25, 0.3) is 5.69 Å². The molecule has 4 heteroatoms. The van der Waals surface area contributed by atoms with Gasteiger partial charge in [0.1, 0.15) is 5.82 Å². The predicted molar refractivity (Wildman–Crippen MR) is 60.9 cm³/mol. The molecule has 1 aromatic carbocycles. The highest BCUT2D eigenvalue weighted by atomic mass is 19.1. The SMILES string of the molecule is Cc1ccn(-c2ccc(F)cc2[C@@H](C)N)n1. The van der Waals surface area contributed by atoms with E-state index in [4.69, 9.17) is 5.73 Å². The number of nitrogens with zero attached hydrogens (tertiary/aromatic N) is 2. The minimum Gasteiger partial charge on any atom is -0.324 e. The first-order chi connectivity index (χ1) is 7.58. The Hall–Kier alpha value is -1.68. The summed E-state index contributed by atoms with van der Waals surface area (Å²) in [6.45, 7) is 3.74. The quantitative estimate of drug-likeness (QED) is 0.842. The number of rotatable bonds is 2. The highest BCUT2D eigenvalue weighted by molar-refractivity contribution is 5.42. The van der Waals surface area contributed by atoms with Gasteiger partial charge in [0.2, 0.25) is 0 Å². The third-order valence-electron chi connectivity index (χ3n) is 2.45. The second kappa shape index (κ2) is 4.06. The van der Waals surface area contributed by atoms with E-state index in [1.807, 2.05) is 26.1 Å². The molecular weight excluding hydrogens is 205 g/mol. The molecule has 84 valence electrons. The zero-order valence-corrected chi connectivity index (χ0v) is 9.31. The van der Waals surface area contributed by atoms with E-state index in [1.54, 1.807) is 10.7 Å². The number of aromatic nitrogens is 2. The van der Waals surface area contributed by atoms with Crippen LogP contribution in [-0.4, -0.2) is 9.78 Å². The van der Waals surface area contributed by atoms with E-state index in [1.165, 1.54) is 12.1 Å². The van der Waals surface area contributed by atoms with Crippen molar-refractivity contribution in [3.05, 3.63) is 47.5 Å². The van der Waals surface area contributed by atoms with Crippen molar-refractivity contribution in [2.24, 2.45) is 5.73 Å². The van der Waals surface area contributed by atoms with E-state index in [9.17, 15) is 4.39 Å². The van der Waals surface area contributed by atoms with Crippen LogP contribution in [0.1, 0.15) is 24.2 Å². The summed E-state index contributed by atoms with van der Waals surface area (Å²) >= 11 is 0. The topological polar surface area (TPSA) is 43.8 Å². The first kappa shape index (κ1) is 10.8. The summed E-state index contributed by atoms with van der Waals surface area (Å²) in [6, 6.07) is 6.24. The monoisotopic (exact) mass is 219 g/mol. The van der Waals surface area contributed by atoms with Gasteiger partial charge >= 0.3 is 0 Å². The fraction of sp³-hybridized carbons (Fsp3) is 0.250. The lowest BCUT2D eigenvalue weighted by Gasteiger charge is -2.12. The van der Waals surface area contributed by atoms with Crippen molar-refractivity contribution < 1.29 is 4.39 Å². The zero-order valence-electron chi connectivity index (χ0n) is 9.31. The van der Waals surface area contributed by atoms with E-state index < -0.39 is 0 Å². The van der Waals surface area contributed by atoms with Crippen molar-refractivity contribution in [1.82, 2.24) is 9.78 Å². The Labute approximate surface area is 93.7 Å². The third kappa shape index (κ3) is 1.97. The molecule has 0 unspecified atom stereocenters. The lowest BCUT2D eigenvalue weighted by Crippen LogP contribution is -2.10. The first-order valence-electron chi connectivity index (χ1n) is 5.15. The van der Waals surface area contributed by atoms with Gasteiger partial charge in [-0.25, -0.2) is 9.07 Å². The molecule has 2 rings (SSSR count). The number of nitrogens with two attached hydrogens (primary N) is 1. The number of hydrogen-bond acceptors (Lipinski definition) is 2. The van der Waals surface area contributed by atoms with E-state index in [-0.39, 0.29) is 11.9 Å². The summed E-state index contributed by atoms with van der Waals surface area (Å²) < 4.78 is 14.9. The summed E-state index contributed by atoms with van der Waals surface area (Å²) in [5.74, 6) is -0.278. The Kier molecular flexibility index (Phi) is 2.75. The van der Waals surface area contributed by atoms with E-state index >= 15 is 0 Å². The number of benzene rings is 1. The van der Waals surface area contributed by atoms with Crippen molar-refractivity contribution in [3.63, 3.8) is 0 Å². The molecule has 2 aromatic rings. The molecule has 0 radical (unpaired) electrons. The Morgan fingerprint density at radius 3 is 2.69 bits per heavy atom. The largest absolute Gasteiger partial charge is 0.324 e. The van der Waals surface area contributed by atoms with Gasteiger partial charge in [0.25, 0.3) is 0 Å². The molecule has 0 saturated carbocycles. The summed E-state index contributed by atoms with van der Waals surface area (Å²) in [5.41, 5.74) is 8.31. The number of halogens is 1. The summed E-state index contributed by atoms with van der Waals surface area (Å²) in [7, 11) is 0. The molecule has 3 nitrogen and oxygen atoms in total. The maximum Gasteiger partial charge on any atom is 0.123 e. The van der Waals surface area contributed by atoms with Gasteiger partial charge < -0.3 is 5.73 Å². The highest BCUT2D eigenvalue weighted by Crippen LogP contribution is 2.21. The molecule has 0 spiro atoms. The average Bonchev–Trinajstić information content (AvgIpc) is 2.64. The molecule has 1 atom stereocenters. The van der Waals surface area contributed by atoms with Crippen molar-refractivity contribution in [2.75, 3.05) is 0 Å². The minimum atomic E-state index is -0.278. The van der Waals surface area contributed by atoms with Gasteiger partial charge in [0.15, 0.2) is 0 Å². The van der Waals surface area contributed by atoms with E-state index in [0.29, 0.717) is 0 Å². The molecule has 0 aliphatic carbocycles. The molecular formula is C12H14FN3. The Bertz CT molecular complexity index is 503. The van der Waals surface area contributed by atoms with E-state index in [0.717, 1.165) is 16.9 Å². The Balaban J connectivity index is 2.56. The molecule has 0 amide bonds. The molecule has 0 fully saturated rings. The fourth-order valence-corrected chi connectivity index (χ4v) is 1.65. The molecule has 0 aliphatic rings. The lowest BCUT2D eigenvalue weighted by atomic mass is 10.1. The Morgan fingerprint density at radius 2 is 2.12 bits per heavy atom. The van der Waals surface area contributed by atoms with Crippen LogP contribution in [0.15, 0.2) is 30.5 Å². The first-order valence-corrected chi connectivity index (χ1v) is 5.15. The number of aryl methyl sites for hydroxylation is 1. The number of hydrogen-bond donors (Lipinski definition) is 1. The lowest BCUT2D eigenvalue weighted by molar-refractivity contribution is 0.620. The second-order valence-electron chi connectivity index (χ2n) is 3.89. The van der Waals surface area contributed by atoms with Crippen molar-refractivity contribution >= 4 is 0 Å². The van der Waals surface area contributed by atoms with Gasteiger partial charge in [-0.2, -0.15) is 5.10 Å². The second-order valence-corrected chi connectivity index (χ2v) is 3.89. The normalized spacial score (nSPS) is 12.8.